The Bertz CT molecular complexity index is 1050. The highest BCUT2D eigenvalue weighted by molar-refractivity contribution is 6.30. The maximum absolute atomic E-state index is 13.3. The summed E-state index contributed by atoms with van der Waals surface area (Å²) in [5, 5.41) is 0. The van der Waals surface area contributed by atoms with Crippen molar-refractivity contribution in [3.05, 3.63) is 71.3 Å². The number of carbonyl (C=O) groups is 3. The summed E-state index contributed by atoms with van der Waals surface area (Å²) in [4.78, 5) is 42.0. The first-order valence-corrected chi connectivity index (χ1v) is 13.7. The Kier molecular flexibility index (Phi) is 11.4. The molecule has 0 N–H and O–H groups in total. The third-order valence-corrected chi connectivity index (χ3v) is 6.57. The van der Waals surface area contributed by atoms with Gasteiger partial charge in [0.15, 0.2) is 0 Å². The number of nitrogens with zero attached hydrogens (tertiary/aromatic N) is 2. The number of rotatable bonds is 15. The number of ether oxygens (including phenoxy) is 1. The van der Waals surface area contributed by atoms with Crippen LogP contribution < -0.4 is 4.74 Å². The van der Waals surface area contributed by atoms with Crippen molar-refractivity contribution in [1.29, 1.82) is 0 Å². The normalized spacial score (nSPS) is 15.1. The molecule has 0 aliphatic carbocycles. The average Bonchev–Trinajstić information content (AvgIpc) is 2.92. The van der Waals surface area contributed by atoms with Gasteiger partial charge in [0.25, 0.3) is 11.8 Å². The Morgan fingerprint density at radius 1 is 0.703 bits per heavy atom. The molecule has 37 heavy (non-hydrogen) atoms. The number of imide groups is 2. The summed E-state index contributed by atoms with van der Waals surface area (Å²) in [6, 6.07) is 16.6. The highest BCUT2D eigenvalue weighted by Gasteiger charge is 2.41. The fraction of sp³-hybridized carbons (Fsp3) is 0.452. The molecule has 198 valence electrons. The molecule has 1 saturated heterocycles. The predicted molar refractivity (Wildman–Crippen MR) is 147 cm³/mol. The SMILES string of the molecule is CCCCCCCCOc1ccc(C=C2C(=O)N(CCCC)C(=O)N(CCc3ccccc3)C2=O)cc1. The molecule has 1 aliphatic heterocycles. The van der Waals surface area contributed by atoms with E-state index in [1.54, 1.807) is 6.08 Å². The van der Waals surface area contributed by atoms with Gasteiger partial charge in [-0.15, -0.1) is 0 Å². The Morgan fingerprint density at radius 3 is 2.00 bits per heavy atom. The molecule has 6 heteroatoms. The molecule has 0 spiro atoms. The van der Waals surface area contributed by atoms with Crippen molar-refractivity contribution in [1.82, 2.24) is 9.80 Å². The molecule has 6 nitrogen and oxygen atoms in total. The van der Waals surface area contributed by atoms with E-state index in [9.17, 15) is 14.4 Å². The van der Waals surface area contributed by atoms with Gasteiger partial charge in [-0.05, 0) is 48.6 Å². The van der Waals surface area contributed by atoms with Crippen molar-refractivity contribution in [2.45, 2.75) is 71.6 Å². The van der Waals surface area contributed by atoms with E-state index >= 15 is 0 Å². The van der Waals surface area contributed by atoms with Crippen LogP contribution in [0.1, 0.15) is 76.3 Å². The van der Waals surface area contributed by atoms with Crippen LogP contribution >= 0.6 is 0 Å². The summed E-state index contributed by atoms with van der Waals surface area (Å²) in [6.45, 7) is 5.41. The van der Waals surface area contributed by atoms with Crippen LogP contribution in [0.25, 0.3) is 6.08 Å². The number of urea groups is 1. The van der Waals surface area contributed by atoms with Gasteiger partial charge >= 0.3 is 6.03 Å². The van der Waals surface area contributed by atoms with Crippen LogP contribution in [0.5, 0.6) is 5.75 Å². The summed E-state index contributed by atoms with van der Waals surface area (Å²) < 4.78 is 5.85. The average molecular weight is 505 g/mol. The zero-order valence-electron chi connectivity index (χ0n) is 22.3. The van der Waals surface area contributed by atoms with Gasteiger partial charge in [-0.2, -0.15) is 0 Å². The summed E-state index contributed by atoms with van der Waals surface area (Å²) >= 11 is 0. The molecule has 1 heterocycles. The van der Waals surface area contributed by atoms with Crippen molar-refractivity contribution >= 4 is 23.9 Å². The van der Waals surface area contributed by atoms with E-state index in [0.717, 1.165) is 29.7 Å². The number of hydrogen-bond acceptors (Lipinski definition) is 4. The lowest BCUT2D eigenvalue weighted by Crippen LogP contribution is -2.56. The van der Waals surface area contributed by atoms with Crippen LogP contribution in [-0.4, -0.2) is 47.3 Å². The fourth-order valence-corrected chi connectivity index (χ4v) is 4.32. The zero-order valence-corrected chi connectivity index (χ0v) is 22.3. The van der Waals surface area contributed by atoms with Crippen LogP contribution in [0, 0.1) is 0 Å². The number of hydrogen-bond donors (Lipinski definition) is 0. The second-order valence-electron chi connectivity index (χ2n) is 9.53. The van der Waals surface area contributed by atoms with Gasteiger partial charge in [0.2, 0.25) is 0 Å². The van der Waals surface area contributed by atoms with Gasteiger partial charge in [0.1, 0.15) is 11.3 Å². The first-order valence-electron chi connectivity index (χ1n) is 13.7. The molecular weight excluding hydrogens is 464 g/mol. The third-order valence-electron chi connectivity index (χ3n) is 6.57. The first kappa shape index (κ1) is 28.2. The van der Waals surface area contributed by atoms with E-state index in [0.29, 0.717) is 26.0 Å². The maximum Gasteiger partial charge on any atom is 0.333 e. The van der Waals surface area contributed by atoms with Crippen molar-refractivity contribution in [2.24, 2.45) is 0 Å². The van der Waals surface area contributed by atoms with E-state index in [1.807, 2.05) is 61.5 Å². The van der Waals surface area contributed by atoms with E-state index < -0.39 is 17.8 Å². The summed E-state index contributed by atoms with van der Waals surface area (Å²) in [7, 11) is 0. The van der Waals surface area contributed by atoms with Crippen LogP contribution in [-0.2, 0) is 16.0 Å². The zero-order chi connectivity index (χ0) is 26.5. The monoisotopic (exact) mass is 504 g/mol. The summed E-state index contributed by atoms with van der Waals surface area (Å²) in [5.41, 5.74) is 1.77. The molecule has 0 saturated carbocycles. The van der Waals surface area contributed by atoms with Gasteiger partial charge < -0.3 is 4.74 Å². The minimum Gasteiger partial charge on any atom is -0.494 e. The molecule has 1 fully saturated rings. The lowest BCUT2D eigenvalue weighted by atomic mass is 10.0. The topological polar surface area (TPSA) is 66.9 Å². The molecule has 0 radical (unpaired) electrons. The Morgan fingerprint density at radius 2 is 1.32 bits per heavy atom. The second-order valence-corrected chi connectivity index (χ2v) is 9.53. The fourth-order valence-electron chi connectivity index (χ4n) is 4.32. The summed E-state index contributed by atoms with van der Waals surface area (Å²) in [5.74, 6) is -0.300. The lowest BCUT2D eigenvalue weighted by Gasteiger charge is -2.34. The van der Waals surface area contributed by atoms with Crippen LogP contribution in [0.4, 0.5) is 4.79 Å². The minimum absolute atomic E-state index is 0.0181. The first-order chi connectivity index (χ1) is 18.0. The van der Waals surface area contributed by atoms with E-state index in [-0.39, 0.29) is 12.1 Å². The number of benzene rings is 2. The molecule has 0 unspecified atom stereocenters. The van der Waals surface area contributed by atoms with E-state index in [2.05, 4.69) is 6.92 Å². The third kappa shape index (κ3) is 8.31. The standard InChI is InChI=1S/C31H40N2O4/c1-3-5-7-8-9-13-23-37-27-18-16-26(17-19-27)24-28-29(34)32(21-6-4-2)31(36)33(30(28)35)22-20-25-14-11-10-12-15-25/h10-12,14-19,24H,3-9,13,20-23H2,1-2H3. The lowest BCUT2D eigenvalue weighted by molar-refractivity contribution is -0.135. The Balaban J connectivity index is 1.68. The molecule has 0 aromatic heterocycles. The number of unbranched alkanes of at least 4 members (excludes halogenated alkanes) is 6. The predicted octanol–water partition coefficient (Wildman–Crippen LogP) is 6.64. The highest BCUT2D eigenvalue weighted by Crippen LogP contribution is 2.23. The highest BCUT2D eigenvalue weighted by atomic mass is 16.5. The summed E-state index contributed by atoms with van der Waals surface area (Å²) in [6.07, 6.45) is 10.9. The second kappa shape index (κ2) is 15.0. The van der Waals surface area contributed by atoms with Gasteiger partial charge in [0, 0.05) is 13.1 Å². The number of carbonyl (C=O) groups excluding carboxylic acids is 3. The maximum atomic E-state index is 13.3. The van der Waals surface area contributed by atoms with Crippen molar-refractivity contribution in [2.75, 3.05) is 19.7 Å². The van der Waals surface area contributed by atoms with E-state index in [1.165, 1.54) is 41.9 Å². The molecule has 3 rings (SSSR count). The molecule has 2 aromatic rings. The number of barbiturate groups is 1. The van der Waals surface area contributed by atoms with Crippen LogP contribution in [0.15, 0.2) is 60.2 Å². The minimum atomic E-state index is -0.540. The van der Waals surface area contributed by atoms with Crippen LogP contribution in [0.2, 0.25) is 0 Å². The quantitative estimate of drug-likeness (QED) is 0.155. The Hall–Kier alpha value is -3.41. The van der Waals surface area contributed by atoms with Crippen molar-refractivity contribution in [3.8, 4) is 5.75 Å². The number of amides is 4. The largest absolute Gasteiger partial charge is 0.494 e. The van der Waals surface area contributed by atoms with Gasteiger partial charge in [-0.1, -0.05) is 94.8 Å². The molecule has 0 bridgehead atoms. The van der Waals surface area contributed by atoms with Crippen LogP contribution in [0.3, 0.4) is 0 Å². The van der Waals surface area contributed by atoms with Crippen molar-refractivity contribution < 1.29 is 19.1 Å². The molecular formula is C31H40N2O4. The van der Waals surface area contributed by atoms with E-state index in [4.69, 9.17) is 4.74 Å². The Labute approximate surface area is 221 Å². The van der Waals surface area contributed by atoms with Gasteiger partial charge in [0.05, 0.1) is 6.61 Å². The van der Waals surface area contributed by atoms with Gasteiger partial charge in [-0.25, -0.2) is 4.79 Å². The van der Waals surface area contributed by atoms with Gasteiger partial charge in [-0.3, -0.25) is 19.4 Å². The van der Waals surface area contributed by atoms with Crippen molar-refractivity contribution in [3.63, 3.8) is 0 Å². The smallest absolute Gasteiger partial charge is 0.333 e. The molecule has 0 atom stereocenters. The molecule has 2 aromatic carbocycles. The molecule has 4 amide bonds. The molecule has 1 aliphatic rings.